The Morgan fingerprint density at radius 2 is 1.81 bits per heavy atom. The van der Waals surface area contributed by atoms with Crippen LogP contribution in [0.5, 0.6) is 0 Å². The summed E-state index contributed by atoms with van der Waals surface area (Å²) in [5, 5.41) is 0. The van der Waals surface area contributed by atoms with Crippen LogP contribution in [-0.2, 0) is 10.0 Å². The molecule has 0 aliphatic carbocycles. The van der Waals surface area contributed by atoms with Gasteiger partial charge in [0.25, 0.3) is 15.9 Å². The van der Waals surface area contributed by atoms with E-state index in [1.54, 1.807) is 36.4 Å². The van der Waals surface area contributed by atoms with Crippen molar-refractivity contribution < 1.29 is 13.2 Å². The summed E-state index contributed by atoms with van der Waals surface area (Å²) in [4.78, 5) is 18.8. The quantitative estimate of drug-likeness (QED) is 0.826. The first-order valence-corrected chi connectivity index (χ1v) is 10.1. The monoisotopic (exact) mass is 373 g/mol. The molecule has 3 rings (SSSR count). The largest absolute Gasteiger partial charge is 0.339 e. The van der Waals surface area contributed by atoms with Gasteiger partial charge in [0, 0.05) is 26.3 Å². The Labute approximate surface area is 154 Å². The number of pyridine rings is 1. The summed E-state index contributed by atoms with van der Waals surface area (Å²) in [5.74, 6) is 0.530. The highest BCUT2D eigenvalue weighted by Crippen LogP contribution is 2.23. The second-order valence-corrected chi connectivity index (χ2v) is 8.66. The van der Waals surface area contributed by atoms with Crippen molar-refractivity contribution in [3.8, 4) is 0 Å². The molecule has 1 amide bonds. The molecule has 2 aromatic rings. The third-order valence-electron chi connectivity index (χ3n) is 4.81. The highest BCUT2D eigenvalue weighted by atomic mass is 32.2. The Bertz CT molecular complexity index is 876. The minimum Gasteiger partial charge on any atom is -0.339 e. The summed E-state index contributed by atoms with van der Waals surface area (Å²) >= 11 is 0. The lowest BCUT2D eigenvalue weighted by Gasteiger charge is -2.30. The highest BCUT2D eigenvalue weighted by Gasteiger charge is 2.24. The molecule has 0 atom stereocenters. The zero-order valence-electron chi connectivity index (χ0n) is 15.0. The molecule has 2 heterocycles. The fourth-order valence-electron chi connectivity index (χ4n) is 3.00. The Morgan fingerprint density at radius 3 is 2.46 bits per heavy atom. The lowest BCUT2D eigenvalue weighted by Crippen LogP contribution is -2.38. The first-order chi connectivity index (χ1) is 12.4. The number of nitrogens with zero attached hydrogens (tertiary/aromatic N) is 3. The number of benzene rings is 1. The minimum absolute atomic E-state index is 0.100. The summed E-state index contributed by atoms with van der Waals surface area (Å²) in [6.07, 6.45) is 4.92. The van der Waals surface area contributed by atoms with Crippen LogP contribution < -0.4 is 4.31 Å². The molecule has 138 valence electrons. The van der Waals surface area contributed by atoms with E-state index >= 15 is 0 Å². The number of carbonyl (C=O) groups is 1. The Hall–Kier alpha value is -2.41. The summed E-state index contributed by atoms with van der Waals surface area (Å²) in [5.41, 5.74) is 0.775. The maximum atomic E-state index is 12.8. The van der Waals surface area contributed by atoms with E-state index in [0.29, 0.717) is 17.2 Å². The highest BCUT2D eigenvalue weighted by molar-refractivity contribution is 7.92. The van der Waals surface area contributed by atoms with Crippen LogP contribution in [0.2, 0.25) is 0 Å². The van der Waals surface area contributed by atoms with Crippen molar-refractivity contribution in [3.05, 3.63) is 54.4 Å². The number of likely N-dealkylation sites (tertiary alicyclic amines) is 1. The van der Waals surface area contributed by atoms with Gasteiger partial charge < -0.3 is 4.90 Å². The fraction of sp³-hybridized carbons (Fsp3) is 0.368. The van der Waals surface area contributed by atoms with Gasteiger partial charge in [-0.15, -0.1) is 0 Å². The van der Waals surface area contributed by atoms with Crippen LogP contribution in [0.25, 0.3) is 0 Å². The summed E-state index contributed by atoms with van der Waals surface area (Å²) in [6.45, 7) is 3.64. The summed E-state index contributed by atoms with van der Waals surface area (Å²) < 4.78 is 26.7. The maximum absolute atomic E-state index is 12.8. The minimum atomic E-state index is -3.70. The Kier molecular flexibility index (Phi) is 5.27. The molecule has 26 heavy (non-hydrogen) atoms. The van der Waals surface area contributed by atoms with Crippen LogP contribution in [-0.4, -0.2) is 44.3 Å². The Balaban J connectivity index is 1.84. The lowest BCUT2D eigenvalue weighted by molar-refractivity contribution is 0.0697. The van der Waals surface area contributed by atoms with Gasteiger partial charge in [0.1, 0.15) is 0 Å². The van der Waals surface area contributed by atoms with Gasteiger partial charge in [0.2, 0.25) is 0 Å². The number of anilines is 1. The number of carbonyl (C=O) groups excluding carboxylic acids is 1. The SMILES string of the molecule is CC1CCN(C(=O)c2cncc(N(C)S(=O)(=O)c3ccccc3)c2)CC1. The fourth-order valence-corrected chi connectivity index (χ4v) is 4.20. The molecule has 0 saturated carbocycles. The molecule has 1 aliphatic heterocycles. The van der Waals surface area contributed by atoms with Crippen molar-refractivity contribution in [2.24, 2.45) is 5.92 Å². The lowest BCUT2D eigenvalue weighted by atomic mass is 9.99. The summed E-state index contributed by atoms with van der Waals surface area (Å²) in [7, 11) is -2.23. The number of aromatic nitrogens is 1. The van der Waals surface area contributed by atoms with E-state index in [4.69, 9.17) is 0 Å². The van der Waals surface area contributed by atoms with Crippen LogP contribution in [0.4, 0.5) is 5.69 Å². The molecular weight excluding hydrogens is 350 g/mol. The van der Waals surface area contributed by atoms with Crippen LogP contribution in [0, 0.1) is 5.92 Å². The van der Waals surface area contributed by atoms with E-state index in [2.05, 4.69) is 11.9 Å². The van der Waals surface area contributed by atoms with Gasteiger partial charge in [0.15, 0.2) is 0 Å². The van der Waals surface area contributed by atoms with Gasteiger partial charge in [-0.1, -0.05) is 25.1 Å². The normalized spacial score (nSPS) is 15.7. The average molecular weight is 373 g/mol. The van der Waals surface area contributed by atoms with Crippen LogP contribution in [0.15, 0.2) is 53.7 Å². The number of hydrogen-bond donors (Lipinski definition) is 0. The van der Waals surface area contributed by atoms with Crippen molar-refractivity contribution in [1.82, 2.24) is 9.88 Å². The van der Waals surface area contributed by atoms with Gasteiger partial charge in [-0.05, 0) is 37.0 Å². The molecule has 1 fully saturated rings. The molecule has 0 radical (unpaired) electrons. The van der Waals surface area contributed by atoms with Crippen molar-refractivity contribution >= 4 is 21.6 Å². The van der Waals surface area contributed by atoms with Crippen molar-refractivity contribution in [1.29, 1.82) is 0 Å². The summed E-state index contributed by atoms with van der Waals surface area (Å²) in [6, 6.07) is 9.80. The van der Waals surface area contributed by atoms with E-state index in [1.165, 1.54) is 19.4 Å². The van der Waals surface area contributed by atoms with Crippen molar-refractivity contribution in [3.63, 3.8) is 0 Å². The van der Waals surface area contributed by atoms with Gasteiger partial charge in [0.05, 0.1) is 22.3 Å². The number of rotatable bonds is 4. The van der Waals surface area contributed by atoms with Crippen LogP contribution in [0.1, 0.15) is 30.1 Å². The van der Waals surface area contributed by atoms with Gasteiger partial charge in [-0.3, -0.25) is 14.1 Å². The van der Waals surface area contributed by atoms with Gasteiger partial charge in [-0.2, -0.15) is 0 Å². The number of piperidine rings is 1. The van der Waals surface area contributed by atoms with E-state index in [-0.39, 0.29) is 10.8 Å². The second-order valence-electron chi connectivity index (χ2n) is 6.69. The zero-order valence-corrected chi connectivity index (χ0v) is 15.8. The predicted octanol–water partition coefficient (Wildman–Crippen LogP) is 2.78. The third-order valence-corrected chi connectivity index (χ3v) is 6.61. The van der Waals surface area contributed by atoms with Crippen molar-refractivity contribution in [2.45, 2.75) is 24.7 Å². The molecule has 0 spiro atoms. The maximum Gasteiger partial charge on any atom is 0.264 e. The molecule has 0 N–H and O–H groups in total. The Morgan fingerprint density at radius 1 is 1.15 bits per heavy atom. The molecule has 1 aliphatic rings. The predicted molar refractivity (Wildman–Crippen MR) is 101 cm³/mol. The van der Waals surface area contributed by atoms with E-state index in [0.717, 1.165) is 30.2 Å². The van der Waals surface area contributed by atoms with E-state index in [1.807, 2.05) is 4.90 Å². The molecular formula is C19H23N3O3S. The standard InChI is InChI=1S/C19H23N3O3S/c1-15-8-10-22(11-9-15)19(23)16-12-17(14-20-13-16)21(2)26(24,25)18-6-4-3-5-7-18/h3-7,12-15H,8-11H2,1-2H3. The number of hydrogen-bond acceptors (Lipinski definition) is 4. The second kappa shape index (κ2) is 7.45. The van der Waals surface area contributed by atoms with Gasteiger partial charge in [-0.25, -0.2) is 8.42 Å². The molecule has 1 saturated heterocycles. The average Bonchev–Trinajstić information content (AvgIpc) is 2.68. The first-order valence-electron chi connectivity index (χ1n) is 8.68. The molecule has 1 aromatic carbocycles. The molecule has 0 unspecified atom stereocenters. The molecule has 7 heteroatoms. The smallest absolute Gasteiger partial charge is 0.264 e. The first kappa shape index (κ1) is 18.4. The van der Waals surface area contributed by atoms with E-state index in [9.17, 15) is 13.2 Å². The molecule has 0 bridgehead atoms. The number of amides is 1. The third kappa shape index (κ3) is 3.72. The topological polar surface area (TPSA) is 70.6 Å². The van der Waals surface area contributed by atoms with Crippen LogP contribution in [0.3, 0.4) is 0 Å². The van der Waals surface area contributed by atoms with Gasteiger partial charge >= 0.3 is 0 Å². The molecule has 6 nitrogen and oxygen atoms in total. The molecule has 1 aromatic heterocycles. The van der Waals surface area contributed by atoms with Crippen molar-refractivity contribution in [2.75, 3.05) is 24.4 Å². The van der Waals surface area contributed by atoms with E-state index < -0.39 is 10.0 Å². The number of sulfonamides is 1. The van der Waals surface area contributed by atoms with Crippen LogP contribution >= 0.6 is 0 Å². The zero-order chi connectivity index (χ0) is 18.7.